The molecule has 0 saturated heterocycles. The van der Waals surface area contributed by atoms with E-state index >= 15 is 0 Å². The first kappa shape index (κ1) is 17.1. The van der Waals surface area contributed by atoms with Crippen LogP contribution in [0.15, 0.2) is 77.7 Å². The summed E-state index contributed by atoms with van der Waals surface area (Å²) in [6.07, 6.45) is 2.05. The summed E-state index contributed by atoms with van der Waals surface area (Å²) in [5.74, 6) is 2.13. The van der Waals surface area contributed by atoms with E-state index in [9.17, 15) is 5.11 Å². The van der Waals surface area contributed by atoms with Gasteiger partial charge in [-0.3, -0.25) is 0 Å². The number of aromatic hydroxyl groups is 1. The molecule has 1 atom stereocenters. The number of thioether (sulfide) groups is 1. The Morgan fingerprint density at radius 3 is 2.29 bits per heavy atom. The average Bonchev–Trinajstić information content (AvgIpc) is 2.80. The maximum Gasteiger partial charge on any atom is 0.139 e. The van der Waals surface area contributed by atoms with Crippen molar-refractivity contribution >= 4 is 40.2 Å². The lowest BCUT2D eigenvalue weighted by Crippen LogP contribution is -2.28. The van der Waals surface area contributed by atoms with Crippen molar-refractivity contribution in [3.05, 3.63) is 89.5 Å². The first-order valence-electron chi connectivity index (χ1n) is 10.3. The van der Waals surface area contributed by atoms with E-state index in [2.05, 4.69) is 46.6 Å². The van der Waals surface area contributed by atoms with Crippen molar-refractivity contribution in [1.29, 1.82) is 0 Å². The molecule has 3 heterocycles. The van der Waals surface area contributed by atoms with Gasteiger partial charge >= 0.3 is 0 Å². The van der Waals surface area contributed by atoms with Crippen molar-refractivity contribution < 1.29 is 9.84 Å². The number of nitrogens with one attached hydrogen (secondary N) is 1. The second kappa shape index (κ2) is 5.99. The van der Waals surface area contributed by atoms with Gasteiger partial charge in [0.1, 0.15) is 17.2 Å². The van der Waals surface area contributed by atoms with Crippen LogP contribution in [0.5, 0.6) is 17.2 Å². The Labute approximate surface area is 184 Å². The number of hydrogen-bond acceptors (Lipinski definition) is 5. The summed E-state index contributed by atoms with van der Waals surface area (Å²) in [7, 11) is 0. The molecule has 4 aromatic carbocycles. The number of phenols is 1. The predicted molar refractivity (Wildman–Crippen MR) is 125 cm³/mol. The van der Waals surface area contributed by atoms with Gasteiger partial charge < -0.3 is 20.1 Å². The third kappa shape index (κ3) is 2.16. The lowest BCUT2D eigenvalue weighted by Gasteiger charge is -2.44. The van der Waals surface area contributed by atoms with Crippen LogP contribution in [-0.2, 0) is 0 Å². The van der Waals surface area contributed by atoms with Crippen LogP contribution < -0.4 is 15.0 Å². The molecule has 3 aliphatic rings. The van der Waals surface area contributed by atoms with Gasteiger partial charge in [-0.1, -0.05) is 18.2 Å². The van der Waals surface area contributed by atoms with Crippen LogP contribution in [0, 0.1) is 0 Å². The Morgan fingerprint density at radius 1 is 0.806 bits per heavy atom. The van der Waals surface area contributed by atoms with E-state index in [1.807, 2.05) is 36.6 Å². The standard InChI is InChI=1S/C26H18N2O2S/c1-31-14-11-12-20(29)19(13-14)28-17-7-2-5-15-23(17)26-24-16(27-15)6-3-9-21(24)30-22-10-4-8-18(28)25(22)26/h2-13,26-27,29H,1H3. The molecule has 0 radical (unpaired) electrons. The summed E-state index contributed by atoms with van der Waals surface area (Å²) >= 11 is 1.67. The van der Waals surface area contributed by atoms with Crippen molar-refractivity contribution in [2.24, 2.45) is 0 Å². The molecule has 3 aliphatic heterocycles. The van der Waals surface area contributed by atoms with E-state index in [4.69, 9.17) is 4.74 Å². The van der Waals surface area contributed by atoms with Crippen molar-refractivity contribution in [2.75, 3.05) is 16.5 Å². The minimum absolute atomic E-state index is 0.0979. The van der Waals surface area contributed by atoms with Gasteiger partial charge in [-0.2, -0.15) is 0 Å². The van der Waals surface area contributed by atoms with Crippen molar-refractivity contribution in [1.82, 2.24) is 0 Å². The quantitative estimate of drug-likeness (QED) is 0.288. The fourth-order valence-electron chi connectivity index (χ4n) is 5.20. The van der Waals surface area contributed by atoms with Gasteiger partial charge in [0.05, 0.1) is 17.1 Å². The summed E-state index contributed by atoms with van der Waals surface area (Å²) in [4.78, 5) is 3.28. The molecule has 2 N–H and O–H groups in total. The van der Waals surface area contributed by atoms with E-state index in [1.165, 1.54) is 11.1 Å². The molecule has 0 fully saturated rings. The zero-order valence-corrected chi connectivity index (χ0v) is 17.5. The van der Waals surface area contributed by atoms with Crippen molar-refractivity contribution in [3.8, 4) is 17.2 Å². The van der Waals surface area contributed by atoms with Crippen LogP contribution >= 0.6 is 11.8 Å². The zero-order valence-electron chi connectivity index (χ0n) is 16.7. The predicted octanol–water partition coefficient (Wildman–Crippen LogP) is 7.24. The first-order chi connectivity index (χ1) is 15.2. The second-order valence-corrected chi connectivity index (χ2v) is 8.87. The lowest BCUT2D eigenvalue weighted by atomic mass is 9.75. The number of benzene rings is 4. The summed E-state index contributed by atoms with van der Waals surface area (Å²) in [6, 6.07) is 24.5. The van der Waals surface area contributed by atoms with Crippen molar-refractivity contribution in [3.63, 3.8) is 0 Å². The third-order valence-corrected chi connectivity index (χ3v) is 7.18. The van der Waals surface area contributed by atoms with Gasteiger partial charge in [-0.15, -0.1) is 11.8 Å². The number of phenolic OH excluding ortho intramolecular Hbond substituents is 1. The molecular weight excluding hydrogens is 404 g/mol. The molecule has 31 heavy (non-hydrogen) atoms. The Bertz CT molecular complexity index is 1340. The lowest BCUT2D eigenvalue weighted by molar-refractivity contribution is 0.452. The molecule has 150 valence electrons. The van der Waals surface area contributed by atoms with Crippen molar-refractivity contribution in [2.45, 2.75) is 10.8 Å². The Balaban J connectivity index is 1.60. The molecule has 4 aromatic rings. The first-order valence-corrected chi connectivity index (χ1v) is 11.5. The van der Waals surface area contributed by atoms with Gasteiger partial charge in [0.2, 0.25) is 0 Å². The average molecular weight is 423 g/mol. The fraction of sp³-hybridized carbons (Fsp3) is 0.0769. The van der Waals surface area contributed by atoms with Crippen LogP contribution in [0.3, 0.4) is 0 Å². The van der Waals surface area contributed by atoms with Gasteiger partial charge in [-0.05, 0) is 60.9 Å². The highest BCUT2D eigenvalue weighted by molar-refractivity contribution is 7.98. The monoisotopic (exact) mass is 422 g/mol. The summed E-state index contributed by atoms with van der Waals surface area (Å²) in [5.41, 5.74) is 8.64. The maximum atomic E-state index is 10.9. The third-order valence-electron chi connectivity index (χ3n) is 6.45. The van der Waals surface area contributed by atoms with Crippen LogP contribution in [-0.4, -0.2) is 11.4 Å². The molecule has 0 amide bonds. The Kier molecular flexibility index (Phi) is 3.31. The molecule has 0 bridgehead atoms. The van der Waals surface area contributed by atoms with Gasteiger partial charge in [0.15, 0.2) is 0 Å². The van der Waals surface area contributed by atoms with E-state index in [0.29, 0.717) is 0 Å². The number of nitrogens with zero attached hydrogens (tertiary/aromatic N) is 1. The topological polar surface area (TPSA) is 44.7 Å². The molecule has 0 spiro atoms. The highest BCUT2D eigenvalue weighted by Crippen LogP contribution is 2.63. The number of anilines is 5. The minimum atomic E-state index is 0.0979. The SMILES string of the molecule is CSc1ccc(O)c(N2c3cccc4c3C3c5c(cccc5Oc5cccc2c53)N4)c1. The maximum absolute atomic E-state index is 10.9. The summed E-state index contributed by atoms with van der Waals surface area (Å²) < 4.78 is 6.38. The molecule has 0 saturated carbocycles. The number of rotatable bonds is 2. The van der Waals surface area contributed by atoms with Gasteiger partial charge in [-0.25, -0.2) is 0 Å². The van der Waals surface area contributed by atoms with Crippen LogP contribution in [0.25, 0.3) is 0 Å². The van der Waals surface area contributed by atoms with E-state index in [-0.39, 0.29) is 11.7 Å². The smallest absolute Gasteiger partial charge is 0.139 e. The largest absolute Gasteiger partial charge is 0.506 e. The van der Waals surface area contributed by atoms with Crippen LogP contribution in [0.1, 0.15) is 22.6 Å². The molecule has 1 unspecified atom stereocenters. The molecule has 0 aromatic heterocycles. The molecule has 7 rings (SSSR count). The Morgan fingerprint density at radius 2 is 1.48 bits per heavy atom. The highest BCUT2D eigenvalue weighted by Gasteiger charge is 2.43. The second-order valence-electron chi connectivity index (χ2n) is 7.99. The van der Waals surface area contributed by atoms with E-state index in [0.717, 1.165) is 50.4 Å². The van der Waals surface area contributed by atoms with Crippen LogP contribution in [0.2, 0.25) is 0 Å². The van der Waals surface area contributed by atoms with Gasteiger partial charge in [0, 0.05) is 38.9 Å². The molecule has 5 heteroatoms. The fourth-order valence-corrected chi connectivity index (χ4v) is 5.64. The molecular formula is C26H18N2O2S. The number of hydrogen-bond donors (Lipinski definition) is 2. The van der Waals surface area contributed by atoms with E-state index < -0.39 is 0 Å². The molecule has 4 nitrogen and oxygen atoms in total. The van der Waals surface area contributed by atoms with Gasteiger partial charge in [0.25, 0.3) is 0 Å². The number of ether oxygens (including phenoxy) is 1. The minimum Gasteiger partial charge on any atom is -0.506 e. The molecule has 0 aliphatic carbocycles. The van der Waals surface area contributed by atoms with Crippen LogP contribution in [0.4, 0.5) is 28.4 Å². The Hall–Kier alpha value is -3.57. The summed E-state index contributed by atoms with van der Waals surface area (Å²) in [5, 5.41) is 14.5. The normalized spacial score (nSPS) is 16.3. The highest BCUT2D eigenvalue weighted by atomic mass is 32.2. The van der Waals surface area contributed by atoms with E-state index in [1.54, 1.807) is 17.8 Å². The zero-order chi connectivity index (χ0) is 20.7. The summed E-state index contributed by atoms with van der Waals surface area (Å²) in [6.45, 7) is 0.